The van der Waals surface area contributed by atoms with Gasteiger partial charge < -0.3 is 10.1 Å². The molecule has 0 aromatic heterocycles. The zero-order chi connectivity index (χ0) is 22.2. The minimum Gasteiger partial charge on any atom is -0.452 e. The van der Waals surface area contributed by atoms with E-state index in [1.807, 2.05) is 67.6 Å². The Labute approximate surface area is 183 Å². The lowest BCUT2D eigenvalue weighted by molar-refractivity contribution is -0.387. The Morgan fingerprint density at radius 1 is 1.03 bits per heavy atom. The predicted octanol–water partition coefficient (Wildman–Crippen LogP) is 4.78. The van der Waals surface area contributed by atoms with Crippen molar-refractivity contribution < 1.29 is 19.2 Å². The van der Waals surface area contributed by atoms with E-state index in [9.17, 15) is 19.7 Å². The third-order valence-corrected chi connectivity index (χ3v) is 5.45. The molecule has 0 unspecified atom stereocenters. The Morgan fingerprint density at radius 2 is 1.68 bits per heavy atom. The van der Waals surface area contributed by atoms with Crippen LogP contribution in [0.15, 0.2) is 88.7 Å². The average Bonchev–Trinajstić information content (AvgIpc) is 2.78. The zero-order valence-corrected chi connectivity index (χ0v) is 17.5. The third kappa shape index (κ3) is 6.16. The molecule has 0 aliphatic rings. The van der Waals surface area contributed by atoms with Gasteiger partial charge in [0.05, 0.1) is 21.4 Å². The molecule has 0 saturated heterocycles. The third-order valence-electron chi connectivity index (χ3n) is 4.37. The van der Waals surface area contributed by atoms with Gasteiger partial charge in [-0.3, -0.25) is 14.9 Å². The van der Waals surface area contributed by atoms with Crippen LogP contribution in [0.3, 0.4) is 0 Å². The summed E-state index contributed by atoms with van der Waals surface area (Å²) in [6.07, 6.45) is 0. The Morgan fingerprint density at radius 3 is 2.32 bits per heavy atom. The van der Waals surface area contributed by atoms with E-state index in [4.69, 9.17) is 4.74 Å². The minimum absolute atomic E-state index is 0.00743. The van der Waals surface area contributed by atoms with E-state index in [1.54, 1.807) is 0 Å². The van der Waals surface area contributed by atoms with E-state index >= 15 is 0 Å². The fourth-order valence-electron chi connectivity index (χ4n) is 2.81. The van der Waals surface area contributed by atoms with Crippen molar-refractivity contribution in [1.29, 1.82) is 0 Å². The Bertz CT molecular complexity index is 1070. The van der Waals surface area contributed by atoms with Gasteiger partial charge in [0.15, 0.2) is 6.61 Å². The summed E-state index contributed by atoms with van der Waals surface area (Å²) in [6, 6.07) is 22.4. The Kier molecular flexibility index (Phi) is 7.40. The van der Waals surface area contributed by atoms with Crippen LogP contribution in [0.25, 0.3) is 0 Å². The molecule has 1 amide bonds. The number of ether oxygens (including phenoxy) is 1. The fourth-order valence-corrected chi connectivity index (χ4v) is 3.73. The van der Waals surface area contributed by atoms with Crippen molar-refractivity contribution in [1.82, 2.24) is 5.32 Å². The highest BCUT2D eigenvalue weighted by molar-refractivity contribution is 7.99. The summed E-state index contributed by atoms with van der Waals surface area (Å²) in [4.78, 5) is 36.6. The molecule has 0 saturated carbocycles. The van der Waals surface area contributed by atoms with Crippen LogP contribution in [0.1, 0.15) is 28.9 Å². The predicted molar refractivity (Wildman–Crippen MR) is 117 cm³/mol. The van der Waals surface area contributed by atoms with Crippen molar-refractivity contribution in [3.63, 3.8) is 0 Å². The second-order valence-electron chi connectivity index (χ2n) is 6.63. The molecule has 1 atom stereocenters. The number of amides is 1. The number of rotatable bonds is 8. The van der Waals surface area contributed by atoms with Crippen molar-refractivity contribution in [2.45, 2.75) is 22.8 Å². The highest BCUT2D eigenvalue weighted by Gasteiger charge is 2.20. The number of esters is 1. The first-order chi connectivity index (χ1) is 14.9. The normalized spacial score (nSPS) is 11.4. The fraction of sp³-hybridized carbons (Fsp3) is 0.130. The van der Waals surface area contributed by atoms with Crippen molar-refractivity contribution in [2.75, 3.05) is 6.61 Å². The summed E-state index contributed by atoms with van der Waals surface area (Å²) in [7, 11) is 0. The lowest BCUT2D eigenvalue weighted by Crippen LogP contribution is -2.31. The summed E-state index contributed by atoms with van der Waals surface area (Å²) in [5, 5.41) is 14.2. The number of carbonyl (C=O) groups excluding carboxylic acids is 2. The molecule has 0 bridgehead atoms. The van der Waals surface area contributed by atoms with E-state index in [0.29, 0.717) is 4.90 Å². The van der Waals surface area contributed by atoms with Gasteiger partial charge in [0.25, 0.3) is 11.6 Å². The SMILES string of the molecule is C[C@@H](NC(=O)COC(=O)c1ccc(Sc2ccccc2)c([N+](=O)[O-])c1)c1ccccc1. The van der Waals surface area contributed by atoms with Gasteiger partial charge in [0.2, 0.25) is 0 Å². The number of hydrogen-bond donors (Lipinski definition) is 1. The maximum Gasteiger partial charge on any atom is 0.338 e. The number of benzene rings is 3. The lowest BCUT2D eigenvalue weighted by Gasteiger charge is -2.14. The molecule has 8 heteroatoms. The number of hydrogen-bond acceptors (Lipinski definition) is 6. The quantitative estimate of drug-likeness (QED) is 0.310. The van der Waals surface area contributed by atoms with E-state index < -0.39 is 23.4 Å². The van der Waals surface area contributed by atoms with Crippen molar-refractivity contribution in [3.8, 4) is 0 Å². The van der Waals surface area contributed by atoms with Crippen LogP contribution < -0.4 is 5.32 Å². The number of nitro benzene ring substituents is 1. The van der Waals surface area contributed by atoms with Gasteiger partial charge in [-0.05, 0) is 36.8 Å². The number of nitrogens with zero attached hydrogens (tertiary/aromatic N) is 1. The monoisotopic (exact) mass is 436 g/mol. The smallest absolute Gasteiger partial charge is 0.338 e. The second-order valence-corrected chi connectivity index (χ2v) is 7.75. The first kappa shape index (κ1) is 22.0. The van der Waals surface area contributed by atoms with Gasteiger partial charge in [-0.1, -0.05) is 60.3 Å². The Hall–Kier alpha value is -3.65. The molecule has 31 heavy (non-hydrogen) atoms. The molecule has 0 spiro atoms. The van der Waals surface area contributed by atoms with E-state index in [-0.39, 0.29) is 17.3 Å². The van der Waals surface area contributed by atoms with Gasteiger partial charge in [-0.2, -0.15) is 0 Å². The number of carbonyl (C=O) groups is 2. The van der Waals surface area contributed by atoms with Crippen molar-refractivity contribution >= 4 is 29.3 Å². The van der Waals surface area contributed by atoms with Gasteiger partial charge in [0.1, 0.15) is 0 Å². The Balaban J connectivity index is 1.62. The molecule has 3 rings (SSSR count). The molecule has 7 nitrogen and oxygen atoms in total. The van der Waals surface area contributed by atoms with Gasteiger partial charge >= 0.3 is 5.97 Å². The van der Waals surface area contributed by atoms with Crippen LogP contribution >= 0.6 is 11.8 Å². The molecule has 0 aliphatic heterocycles. The average molecular weight is 436 g/mol. The lowest BCUT2D eigenvalue weighted by atomic mass is 10.1. The standard InChI is InChI=1S/C23H20N2O5S/c1-16(17-8-4-2-5-9-17)24-22(26)15-30-23(27)18-12-13-21(20(14-18)25(28)29)31-19-10-6-3-7-11-19/h2-14,16H,15H2,1H3,(H,24,26)/t16-/m1/s1. The number of nitrogens with one attached hydrogen (secondary N) is 1. The summed E-state index contributed by atoms with van der Waals surface area (Å²) in [5.74, 6) is -1.27. The van der Waals surface area contributed by atoms with E-state index in [0.717, 1.165) is 16.5 Å². The molecule has 0 heterocycles. The van der Waals surface area contributed by atoms with Crippen LogP contribution in [0.4, 0.5) is 5.69 Å². The zero-order valence-electron chi connectivity index (χ0n) is 16.7. The summed E-state index contributed by atoms with van der Waals surface area (Å²) in [5.41, 5.74) is 0.725. The summed E-state index contributed by atoms with van der Waals surface area (Å²) in [6.45, 7) is 1.34. The molecular formula is C23H20N2O5S. The molecule has 3 aromatic rings. The second kappa shape index (κ2) is 10.4. The van der Waals surface area contributed by atoms with E-state index in [2.05, 4.69) is 5.32 Å². The molecule has 0 radical (unpaired) electrons. The van der Waals surface area contributed by atoms with Crippen LogP contribution in [0.2, 0.25) is 0 Å². The van der Waals surface area contributed by atoms with Crippen LogP contribution in [0.5, 0.6) is 0 Å². The van der Waals surface area contributed by atoms with E-state index in [1.165, 1.54) is 23.9 Å². The largest absolute Gasteiger partial charge is 0.452 e. The molecule has 1 N–H and O–H groups in total. The first-order valence-corrected chi connectivity index (χ1v) is 10.3. The van der Waals surface area contributed by atoms with Crippen LogP contribution in [-0.4, -0.2) is 23.4 Å². The molecule has 3 aromatic carbocycles. The summed E-state index contributed by atoms with van der Waals surface area (Å²) < 4.78 is 5.04. The van der Waals surface area contributed by atoms with Gasteiger partial charge in [0, 0.05) is 11.0 Å². The highest BCUT2D eigenvalue weighted by atomic mass is 32.2. The van der Waals surface area contributed by atoms with Crippen LogP contribution in [-0.2, 0) is 9.53 Å². The minimum atomic E-state index is -0.804. The molecular weight excluding hydrogens is 416 g/mol. The summed E-state index contributed by atoms with van der Waals surface area (Å²) >= 11 is 1.23. The van der Waals surface area contributed by atoms with Crippen LogP contribution in [0, 0.1) is 10.1 Å². The molecule has 0 aliphatic carbocycles. The molecule has 158 valence electrons. The molecule has 0 fully saturated rings. The van der Waals surface area contributed by atoms with Gasteiger partial charge in [-0.25, -0.2) is 4.79 Å². The topological polar surface area (TPSA) is 98.5 Å². The first-order valence-electron chi connectivity index (χ1n) is 9.47. The number of nitro groups is 1. The van der Waals surface area contributed by atoms with Gasteiger partial charge in [-0.15, -0.1) is 0 Å². The maximum absolute atomic E-state index is 12.3. The van der Waals surface area contributed by atoms with Crippen molar-refractivity contribution in [3.05, 3.63) is 100 Å². The maximum atomic E-state index is 12.3. The highest BCUT2D eigenvalue weighted by Crippen LogP contribution is 2.35. The van der Waals surface area contributed by atoms with Crippen molar-refractivity contribution in [2.24, 2.45) is 0 Å².